The zero-order valence-electron chi connectivity index (χ0n) is 16.8. The average molecular weight is 414 g/mol. The lowest BCUT2D eigenvalue weighted by molar-refractivity contribution is 0.0951. The van der Waals surface area contributed by atoms with Crippen molar-refractivity contribution < 1.29 is 4.79 Å². The smallest absolute Gasteiger partial charge is 0.251 e. The summed E-state index contributed by atoms with van der Waals surface area (Å²) >= 11 is 1.80. The molecule has 150 valence electrons. The molecular weight excluding hydrogens is 390 g/mol. The van der Waals surface area contributed by atoms with E-state index in [0.29, 0.717) is 12.1 Å². The first-order valence-electron chi connectivity index (χ1n) is 9.82. The van der Waals surface area contributed by atoms with Crippen LogP contribution in [-0.4, -0.2) is 15.5 Å². The number of carbonyl (C=O) groups is 1. The lowest BCUT2D eigenvalue weighted by Crippen LogP contribution is -2.23. The molecule has 0 fully saturated rings. The summed E-state index contributed by atoms with van der Waals surface area (Å²) in [5.74, 6) is 0.802. The molecular formula is C25H23N3OS. The van der Waals surface area contributed by atoms with Crippen molar-refractivity contribution in [2.24, 2.45) is 0 Å². The first-order chi connectivity index (χ1) is 14.7. The molecule has 5 heteroatoms. The van der Waals surface area contributed by atoms with Crippen LogP contribution >= 0.6 is 11.8 Å². The Kier molecular flexibility index (Phi) is 6.30. The summed E-state index contributed by atoms with van der Waals surface area (Å²) in [6.45, 7) is 2.55. The molecule has 4 nitrogen and oxygen atoms in total. The van der Waals surface area contributed by atoms with Gasteiger partial charge in [0.25, 0.3) is 5.91 Å². The Balaban J connectivity index is 1.35. The van der Waals surface area contributed by atoms with Crippen LogP contribution in [0, 0.1) is 6.92 Å². The maximum Gasteiger partial charge on any atom is 0.251 e. The van der Waals surface area contributed by atoms with Gasteiger partial charge in [0.1, 0.15) is 0 Å². The lowest BCUT2D eigenvalue weighted by Gasteiger charge is -2.11. The summed E-state index contributed by atoms with van der Waals surface area (Å²) < 4.78 is 1.95. The van der Waals surface area contributed by atoms with Gasteiger partial charge in [0.15, 0.2) is 0 Å². The molecule has 1 aromatic heterocycles. The van der Waals surface area contributed by atoms with E-state index in [0.717, 1.165) is 17.0 Å². The Bertz CT molecular complexity index is 1100. The third-order valence-electron chi connectivity index (χ3n) is 4.86. The molecule has 0 atom stereocenters. The fourth-order valence-corrected chi connectivity index (χ4v) is 4.00. The quantitative estimate of drug-likeness (QED) is 0.413. The number of hydrogen-bond acceptors (Lipinski definition) is 3. The molecule has 1 amide bonds. The minimum absolute atomic E-state index is 0.0758. The lowest BCUT2D eigenvalue weighted by atomic mass is 10.1. The van der Waals surface area contributed by atoms with Gasteiger partial charge in [-0.05, 0) is 48.4 Å². The molecule has 3 aromatic carbocycles. The van der Waals surface area contributed by atoms with E-state index in [2.05, 4.69) is 41.5 Å². The first kappa shape index (κ1) is 20.0. The minimum atomic E-state index is -0.0758. The van der Waals surface area contributed by atoms with Gasteiger partial charge in [-0.25, -0.2) is 4.98 Å². The number of nitrogens with one attached hydrogen (secondary N) is 1. The Labute approximate surface area is 181 Å². The number of aromatic nitrogens is 2. The van der Waals surface area contributed by atoms with E-state index in [4.69, 9.17) is 0 Å². The molecule has 0 saturated heterocycles. The van der Waals surface area contributed by atoms with Crippen molar-refractivity contribution in [2.75, 3.05) is 0 Å². The van der Waals surface area contributed by atoms with E-state index in [1.807, 2.05) is 59.3 Å². The Morgan fingerprint density at radius 2 is 1.77 bits per heavy atom. The maximum absolute atomic E-state index is 12.6. The van der Waals surface area contributed by atoms with Crippen molar-refractivity contribution in [3.8, 4) is 5.69 Å². The highest BCUT2D eigenvalue weighted by Gasteiger charge is 2.08. The summed E-state index contributed by atoms with van der Waals surface area (Å²) in [6.07, 6.45) is 5.40. The third kappa shape index (κ3) is 4.99. The van der Waals surface area contributed by atoms with Crippen LogP contribution in [0.2, 0.25) is 0 Å². The van der Waals surface area contributed by atoms with Gasteiger partial charge in [-0.1, -0.05) is 48.0 Å². The number of para-hydroxylation sites is 1. The van der Waals surface area contributed by atoms with Crippen LogP contribution in [0.4, 0.5) is 0 Å². The minimum Gasteiger partial charge on any atom is -0.348 e. The van der Waals surface area contributed by atoms with Crippen LogP contribution in [0.3, 0.4) is 0 Å². The van der Waals surface area contributed by atoms with E-state index < -0.39 is 0 Å². The largest absolute Gasteiger partial charge is 0.348 e. The zero-order chi connectivity index (χ0) is 20.8. The number of nitrogens with zero attached hydrogens (tertiary/aromatic N) is 2. The van der Waals surface area contributed by atoms with Crippen molar-refractivity contribution in [3.63, 3.8) is 0 Å². The highest BCUT2D eigenvalue weighted by Crippen LogP contribution is 2.23. The van der Waals surface area contributed by atoms with Crippen LogP contribution in [0.25, 0.3) is 5.69 Å². The van der Waals surface area contributed by atoms with Crippen molar-refractivity contribution in [1.29, 1.82) is 0 Å². The highest BCUT2D eigenvalue weighted by molar-refractivity contribution is 7.98. The van der Waals surface area contributed by atoms with Crippen LogP contribution in [-0.2, 0) is 12.3 Å². The molecule has 1 heterocycles. The molecule has 0 saturated carbocycles. The molecule has 4 aromatic rings. The second-order valence-corrected chi connectivity index (χ2v) is 8.13. The molecule has 1 N–H and O–H groups in total. The Hall–Kier alpha value is -3.31. The summed E-state index contributed by atoms with van der Waals surface area (Å²) in [5.41, 5.74) is 5.18. The van der Waals surface area contributed by atoms with E-state index in [9.17, 15) is 4.79 Å². The SMILES string of the molecule is Cc1ccc(SCc2ccc(C(=O)NCc3ccccc3-n3ccnc3)cc2)cc1. The van der Waals surface area contributed by atoms with Gasteiger partial charge in [0, 0.05) is 35.2 Å². The summed E-state index contributed by atoms with van der Waals surface area (Å²) in [5, 5.41) is 3.02. The molecule has 30 heavy (non-hydrogen) atoms. The molecule has 4 rings (SSSR count). The number of amides is 1. The fraction of sp³-hybridized carbons (Fsp3) is 0.120. The highest BCUT2D eigenvalue weighted by atomic mass is 32.2. The number of rotatable bonds is 7. The van der Waals surface area contributed by atoms with Crippen LogP contribution in [0.1, 0.15) is 27.0 Å². The normalized spacial score (nSPS) is 10.7. The second kappa shape index (κ2) is 9.46. The second-order valence-electron chi connectivity index (χ2n) is 7.08. The van der Waals surface area contributed by atoms with Gasteiger partial charge in [-0.15, -0.1) is 11.8 Å². The van der Waals surface area contributed by atoms with E-state index in [-0.39, 0.29) is 5.91 Å². The van der Waals surface area contributed by atoms with Gasteiger partial charge in [-0.3, -0.25) is 4.79 Å². The topological polar surface area (TPSA) is 46.9 Å². The van der Waals surface area contributed by atoms with Crippen LogP contribution < -0.4 is 5.32 Å². The van der Waals surface area contributed by atoms with Gasteiger partial charge in [0.2, 0.25) is 0 Å². The van der Waals surface area contributed by atoms with Crippen molar-refractivity contribution in [3.05, 3.63) is 114 Å². The number of hydrogen-bond donors (Lipinski definition) is 1. The molecule has 0 spiro atoms. The zero-order valence-corrected chi connectivity index (χ0v) is 17.6. The van der Waals surface area contributed by atoms with E-state index in [1.165, 1.54) is 16.0 Å². The summed E-state index contributed by atoms with van der Waals surface area (Å²) in [4.78, 5) is 18.0. The van der Waals surface area contributed by atoms with E-state index in [1.54, 1.807) is 24.3 Å². The number of imidazole rings is 1. The molecule has 0 unspecified atom stereocenters. The summed E-state index contributed by atoms with van der Waals surface area (Å²) in [6, 6.07) is 24.4. The van der Waals surface area contributed by atoms with Gasteiger partial charge in [0.05, 0.1) is 12.0 Å². The standard InChI is InChI=1S/C25H23N3OS/c1-19-6-12-23(13-7-19)30-17-20-8-10-21(11-9-20)25(29)27-16-22-4-2-3-5-24(22)28-15-14-26-18-28/h2-15,18H,16-17H2,1H3,(H,27,29). The van der Waals surface area contributed by atoms with Crippen LogP contribution in [0.5, 0.6) is 0 Å². The first-order valence-corrected chi connectivity index (χ1v) is 10.8. The third-order valence-corrected chi connectivity index (χ3v) is 5.94. The molecule has 0 bridgehead atoms. The molecule has 0 aliphatic carbocycles. The molecule has 0 aliphatic rings. The predicted octanol–water partition coefficient (Wildman–Crippen LogP) is 5.40. The molecule has 0 aliphatic heterocycles. The Morgan fingerprint density at radius 3 is 2.50 bits per heavy atom. The Morgan fingerprint density at radius 1 is 1.00 bits per heavy atom. The monoisotopic (exact) mass is 413 g/mol. The summed E-state index contributed by atoms with van der Waals surface area (Å²) in [7, 11) is 0. The van der Waals surface area contributed by atoms with Crippen LogP contribution in [0.15, 0.2) is 96.4 Å². The number of benzene rings is 3. The predicted molar refractivity (Wildman–Crippen MR) is 122 cm³/mol. The number of thioether (sulfide) groups is 1. The van der Waals surface area contributed by atoms with Gasteiger partial charge in [-0.2, -0.15) is 0 Å². The average Bonchev–Trinajstić information content (AvgIpc) is 3.32. The van der Waals surface area contributed by atoms with Crippen molar-refractivity contribution in [1.82, 2.24) is 14.9 Å². The van der Waals surface area contributed by atoms with E-state index >= 15 is 0 Å². The van der Waals surface area contributed by atoms with Gasteiger partial charge < -0.3 is 9.88 Å². The number of carbonyl (C=O) groups excluding carboxylic acids is 1. The fourth-order valence-electron chi connectivity index (χ4n) is 3.14. The van der Waals surface area contributed by atoms with Crippen molar-refractivity contribution in [2.45, 2.75) is 24.1 Å². The van der Waals surface area contributed by atoms with Gasteiger partial charge >= 0.3 is 0 Å². The number of aryl methyl sites for hydroxylation is 1. The maximum atomic E-state index is 12.6. The van der Waals surface area contributed by atoms with Crippen molar-refractivity contribution >= 4 is 17.7 Å². The molecule has 0 radical (unpaired) electrons.